The van der Waals surface area contributed by atoms with Gasteiger partial charge in [0.05, 0.1) is 25.4 Å². The van der Waals surface area contributed by atoms with Gasteiger partial charge >= 0.3 is 11.9 Å². The summed E-state index contributed by atoms with van der Waals surface area (Å²) in [6.45, 7) is 1.50. The Hall–Kier alpha value is -1.14. The number of carboxylic acids is 1. The van der Waals surface area contributed by atoms with Gasteiger partial charge in [-0.3, -0.25) is 9.59 Å². The molecule has 3 aliphatic rings. The Balaban J connectivity index is 0.000000316. The summed E-state index contributed by atoms with van der Waals surface area (Å²) in [6.07, 6.45) is 12.2. The van der Waals surface area contributed by atoms with Crippen molar-refractivity contribution in [2.75, 3.05) is 13.2 Å². The van der Waals surface area contributed by atoms with Crippen LogP contribution < -0.4 is 0 Å². The topological polar surface area (TPSA) is 88.7 Å². The van der Waals surface area contributed by atoms with Crippen LogP contribution in [-0.2, 0) is 23.8 Å². The highest BCUT2D eigenvalue weighted by Gasteiger charge is 2.33. The molecule has 0 aromatic rings. The maximum Gasteiger partial charge on any atom is 0.306 e. The maximum absolute atomic E-state index is 11.7. The third-order valence-electron chi connectivity index (χ3n) is 4.68. The molecule has 2 atom stereocenters. The molecule has 0 spiro atoms. The minimum absolute atomic E-state index is 0.0997. The highest BCUT2D eigenvalue weighted by Crippen LogP contribution is 2.25. The molecular formula is C19H32O6. The van der Waals surface area contributed by atoms with E-state index in [1.165, 1.54) is 38.5 Å². The second kappa shape index (κ2) is 11.5. The van der Waals surface area contributed by atoms with Crippen molar-refractivity contribution < 1.29 is 28.9 Å². The van der Waals surface area contributed by atoms with Gasteiger partial charge < -0.3 is 19.3 Å². The van der Waals surface area contributed by atoms with E-state index in [0.29, 0.717) is 12.8 Å². The van der Waals surface area contributed by atoms with Crippen molar-refractivity contribution in [1.82, 2.24) is 0 Å². The number of carboxylic acid groups (broad SMARTS) is 1. The summed E-state index contributed by atoms with van der Waals surface area (Å²) in [7, 11) is 0. The smallest absolute Gasteiger partial charge is 0.306 e. The monoisotopic (exact) mass is 356 g/mol. The van der Waals surface area contributed by atoms with Gasteiger partial charge in [0, 0.05) is 25.7 Å². The third-order valence-corrected chi connectivity index (χ3v) is 4.68. The second-order valence-corrected chi connectivity index (χ2v) is 7.22. The molecular weight excluding hydrogens is 324 g/mol. The number of unbranched alkanes of at least 4 members (excludes halogenated alkanes) is 1. The molecule has 1 saturated carbocycles. The van der Waals surface area contributed by atoms with Gasteiger partial charge in [0.25, 0.3) is 0 Å². The summed E-state index contributed by atoms with van der Waals surface area (Å²) in [5, 5.41) is 8.49. The Bertz CT molecular complexity index is 373. The largest absolute Gasteiger partial charge is 0.481 e. The van der Waals surface area contributed by atoms with Crippen molar-refractivity contribution in [3.8, 4) is 0 Å². The van der Waals surface area contributed by atoms with Crippen LogP contribution in [0, 0.1) is 0 Å². The van der Waals surface area contributed by atoms with E-state index < -0.39 is 5.97 Å². The summed E-state index contributed by atoms with van der Waals surface area (Å²) in [6, 6.07) is 0. The number of carbonyl (C=O) groups excluding carboxylic acids is 1. The Morgan fingerprint density at radius 1 is 0.880 bits per heavy atom. The summed E-state index contributed by atoms with van der Waals surface area (Å²) in [5.74, 6) is -1.08. The quantitative estimate of drug-likeness (QED) is 0.366. The van der Waals surface area contributed by atoms with Crippen molar-refractivity contribution in [3.63, 3.8) is 0 Å². The van der Waals surface area contributed by atoms with E-state index in [2.05, 4.69) is 0 Å². The van der Waals surface area contributed by atoms with Crippen LogP contribution in [0.25, 0.3) is 0 Å². The molecule has 2 saturated heterocycles. The van der Waals surface area contributed by atoms with E-state index in [4.69, 9.17) is 19.3 Å². The molecule has 2 aliphatic heterocycles. The van der Waals surface area contributed by atoms with Gasteiger partial charge in [-0.15, -0.1) is 0 Å². The van der Waals surface area contributed by atoms with Gasteiger partial charge in [0.2, 0.25) is 0 Å². The molecule has 0 aromatic carbocycles. The first-order valence-corrected chi connectivity index (χ1v) is 9.78. The summed E-state index contributed by atoms with van der Waals surface area (Å²) < 4.78 is 15.7. The SMILES string of the molecule is C1CCCCC1.O=C(O)CCCCC(=O)OC(CC1CO1)CC1CO1. The normalized spacial score (nSPS) is 25.3. The minimum Gasteiger partial charge on any atom is -0.481 e. The molecule has 0 bridgehead atoms. The molecule has 3 rings (SSSR count). The van der Waals surface area contributed by atoms with Gasteiger partial charge in [-0.25, -0.2) is 0 Å². The lowest BCUT2D eigenvalue weighted by molar-refractivity contribution is -0.150. The summed E-state index contributed by atoms with van der Waals surface area (Å²) in [4.78, 5) is 22.0. The molecule has 6 heteroatoms. The van der Waals surface area contributed by atoms with E-state index >= 15 is 0 Å². The van der Waals surface area contributed by atoms with Crippen LogP contribution in [0.3, 0.4) is 0 Å². The van der Waals surface area contributed by atoms with Crippen LogP contribution in [0.15, 0.2) is 0 Å². The fourth-order valence-electron chi connectivity index (χ4n) is 3.04. The molecule has 144 valence electrons. The first-order chi connectivity index (χ1) is 12.1. The standard InChI is InChI=1S/C13H20O6.C6H12/c14-12(15)3-1-2-4-13(16)19-9(5-10-7-17-10)6-11-8-18-11;1-2-4-6-5-3-1/h9-11H,1-8H2,(H,14,15);1-6H2. The van der Waals surface area contributed by atoms with Gasteiger partial charge in [-0.05, 0) is 12.8 Å². The predicted octanol–water partition coefficient (Wildman–Crippen LogP) is 3.46. The van der Waals surface area contributed by atoms with Crippen LogP contribution >= 0.6 is 0 Å². The van der Waals surface area contributed by atoms with Crippen LogP contribution in [0.2, 0.25) is 0 Å². The van der Waals surface area contributed by atoms with E-state index in [1.807, 2.05) is 0 Å². The molecule has 2 heterocycles. The molecule has 0 radical (unpaired) electrons. The molecule has 2 unspecified atom stereocenters. The lowest BCUT2D eigenvalue weighted by Gasteiger charge is -2.16. The van der Waals surface area contributed by atoms with E-state index in [1.54, 1.807) is 0 Å². The Kier molecular flexibility index (Phi) is 9.26. The molecule has 6 nitrogen and oxygen atoms in total. The second-order valence-electron chi connectivity index (χ2n) is 7.22. The first kappa shape index (κ1) is 20.2. The van der Waals surface area contributed by atoms with Crippen LogP contribution in [0.4, 0.5) is 0 Å². The van der Waals surface area contributed by atoms with Gasteiger partial charge in [0.1, 0.15) is 6.10 Å². The first-order valence-electron chi connectivity index (χ1n) is 9.78. The van der Waals surface area contributed by atoms with Crippen molar-refractivity contribution in [2.45, 2.75) is 95.4 Å². The lowest BCUT2D eigenvalue weighted by atomic mass is 10.0. The molecule has 25 heavy (non-hydrogen) atoms. The molecule has 1 aliphatic carbocycles. The third kappa shape index (κ3) is 11.2. The van der Waals surface area contributed by atoms with Crippen molar-refractivity contribution >= 4 is 11.9 Å². The number of ether oxygens (including phenoxy) is 3. The van der Waals surface area contributed by atoms with Crippen molar-refractivity contribution in [1.29, 1.82) is 0 Å². The van der Waals surface area contributed by atoms with E-state index in [9.17, 15) is 9.59 Å². The minimum atomic E-state index is -0.831. The van der Waals surface area contributed by atoms with Crippen molar-refractivity contribution in [3.05, 3.63) is 0 Å². The zero-order valence-corrected chi connectivity index (χ0v) is 15.1. The van der Waals surface area contributed by atoms with E-state index in [-0.39, 0.29) is 37.1 Å². The predicted molar refractivity (Wildman–Crippen MR) is 92.4 cm³/mol. The number of esters is 1. The Labute approximate surface area is 150 Å². The fraction of sp³-hybridized carbons (Fsp3) is 0.895. The van der Waals surface area contributed by atoms with Gasteiger partial charge in [-0.2, -0.15) is 0 Å². The number of hydrogen-bond acceptors (Lipinski definition) is 5. The maximum atomic E-state index is 11.7. The summed E-state index contributed by atoms with van der Waals surface area (Å²) >= 11 is 0. The highest BCUT2D eigenvalue weighted by molar-refractivity contribution is 5.70. The lowest BCUT2D eigenvalue weighted by Crippen LogP contribution is -2.22. The molecule has 1 N–H and O–H groups in total. The zero-order chi connectivity index (χ0) is 17.9. The van der Waals surface area contributed by atoms with Crippen LogP contribution in [0.1, 0.15) is 77.0 Å². The summed E-state index contributed by atoms with van der Waals surface area (Å²) in [5.41, 5.74) is 0. The average molecular weight is 356 g/mol. The van der Waals surface area contributed by atoms with Gasteiger partial charge in [-0.1, -0.05) is 38.5 Å². The fourth-order valence-corrected chi connectivity index (χ4v) is 3.04. The van der Waals surface area contributed by atoms with Gasteiger partial charge in [0.15, 0.2) is 0 Å². The number of epoxide rings is 2. The number of aliphatic carboxylic acids is 1. The average Bonchev–Trinajstić information content (AvgIpc) is 3.51. The Morgan fingerprint density at radius 3 is 1.72 bits per heavy atom. The number of hydrogen-bond donors (Lipinski definition) is 1. The van der Waals surface area contributed by atoms with Crippen molar-refractivity contribution in [2.24, 2.45) is 0 Å². The van der Waals surface area contributed by atoms with Crippen LogP contribution in [0.5, 0.6) is 0 Å². The molecule has 0 amide bonds. The highest BCUT2D eigenvalue weighted by atomic mass is 16.6. The molecule has 3 fully saturated rings. The number of carbonyl (C=O) groups is 2. The van der Waals surface area contributed by atoms with E-state index in [0.717, 1.165) is 26.1 Å². The number of rotatable bonds is 10. The molecule has 0 aromatic heterocycles. The van der Waals surface area contributed by atoms with Crippen LogP contribution in [-0.4, -0.2) is 48.6 Å². The zero-order valence-electron chi connectivity index (χ0n) is 15.1. The Morgan fingerprint density at radius 2 is 1.32 bits per heavy atom.